The van der Waals surface area contributed by atoms with Crippen LogP contribution in [0.2, 0.25) is 0 Å². The van der Waals surface area contributed by atoms with Gasteiger partial charge in [-0.15, -0.1) is 10.2 Å². The third-order valence-corrected chi connectivity index (χ3v) is 3.12. The SMILES string of the molecule is Cc1cc(C)n2c(C(CN)CC(C)C)nnc2n1. The maximum atomic E-state index is 5.88. The maximum absolute atomic E-state index is 5.88. The zero-order chi connectivity index (χ0) is 13.3. The van der Waals surface area contributed by atoms with E-state index in [9.17, 15) is 0 Å². The van der Waals surface area contributed by atoms with Crippen LogP contribution in [-0.2, 0) is 0 Å². The molecule has 1 atom stereocenters. The first-order valence-electron chi connectivity index (χ1n) is 6.42. The number of hydrogen-bond donors (Lipinski definition) is 1. The second-order valence-corrected chi connectivity index (χ2v) is 5.29. The van der Waals surface area contributed by atoms with Gasteiger partial charge in [0.2, 0.25) is 0 Å². The molecule has 0 fully saturated rings. The van der Waals surface area contributed by atoms with E-state index in [1.54, 1.807) is 0 Å². The summed E-state index contributed by atoms with van der Waals surface area (Å²) in [4.78, 5) is 4.40. The number of aromatic nitrogens is 4. The maximum Gasteiger partial charge on any atom is 0.255 e. The van der Waals surface area contributed by atoms with Crippen molar-refractivity contribution in [1.82, 2.24) is 19.6 Å². The Kier molecular flexibility index (Phi) is 3.61. The van der Waals surface area contributed by atoms with Crippen molar-refractivity contribution in [3.05, 3.63) is 23.3 Å². The van der Waals surface area contributed by atoms with Crippen LogP contribution in [0.1, 0.15) is 43.4 Å². The fraction of sp³-hybridized carbons (Fsp3) is 0.615. The normalized spacial score (nSPS) is 13.4. The minimum atomic E-state index is 0.239. The Bertz CT molecular complexity index is 544. The first-order valence-corrected chi connectivity index (χ1v) is 6.42. The van der Waals surface area contributed by atoms with Crippen molar-refractivity contribution in [2.24, 2.45) is 11.7 Å². The van der Waals surface area contributed by atoms with E-state index in [4.69, 9.17) is 5.73 Å². The van der Waals surface area contributed by atoms with E-state index in [2.05, 4.69) is 36.0 Å². The highest BCUT2D eigenvalue weighted by Gasteiger charge is 2.19. The molecule has 0 spiro atoms. The van der Waals surface area contributed by atoms with Gasteiger partial charge in [-0.25, -0.2) is 4.98 Å². The van der Waals surface area contributed by atoms with Gasteiger partial charge >= 0.3 is 0 Å². The summed E-state index contributed by atoms with van der Waals surface area (Å²) in [5.41, 5.74) is 7.96. The Hall–Kier alpha value is -1.49. The molecule has 98 valence electrons. The van der Waals surface area contributed by atoms with E-state index in [0.29, 0.717) is 18.2 Å². The summed E-state index contributed by atoms with van der Waals surface area (Å²) in [5, 5.41) is 8.45. The summed E-state index contributed by atoms with van der Waals surface area (Å²) in [6.07, 6.45) is 1.02. The van der Waals surface area contributed by atoms with Crippen molar-refractivity contribution in [2.75, 3.05) is 6.54 Å². The van der Waals surface area contributed by atoms with Gasteiger partial charge in [0.15, 0.2) is 0 Å². The minimum Gasteiger partial charge on any atom is -0.330 e. The molecule has 0 radical (unpaired) electrons. The topological polar surface area (TPSA) is 69.1 Å². The molecule has 0 bridgehead atoms. The van der Waals surface area contributed by atoms with Gasteiger partial charge < -0.3 is 5.73 Å². The van der Waals surface area contributed by atoms with Crippen molar-refractivity contribution in [3.8, 4) is 0 Å². The lowest BCUT2D eigenvalue weighted by Crippen LogP contribution is -2.18. The molecular formula is C13H21N5. The number of nitrogens with zero attached hydrogens (tertiary/aromatic N) is 4. The molecule has 0 aliphatic rings. The standard InChI is InChI=1S/C13H21N5/c1-8(2)5-11(7-14)12-16-17-13-15-9(3)6-10(4)18(12)13/h6,8,11H,5,7,14H2,1-4H3. The molecule has 2 aromatic rings. The second-order valence-electron chi connectivity index (χ2n) is 5.29. The summed E-state index contributed by atoms with van der Waals surface area (Å²) >= 11 is 0. The van der Waals surface area contributed by atoms with Crippen LogP contribution in [-0.4, -0.2) is 26.1 Å². The lowest BCUT2D eigenvalue weighted by molar-refractivity contribution is 0.484. The summed E-state index contributed by atoms with van der Waals surface area (Å²) < 4.78 is 2.02. The van der Waals surface area contributed by atoms with E-state index in [1.165, 1.54) is 0 Å². The van der Waals surface area contributed by atoms with Crippen LogP contribution in [0.4, 0.5) is 0 Å². The first kappa shape index (κ1) is 13.0. The minimum absolute atomic E-state index is 0.239. The number of aryl methyl sites for hydroxylation is 2. The molecule has 18 heavy (non-hydrogen) atoms. The largest absolute Gasteiger partial charge is 0.330 e. The van der Waals surface area contributed by atoms with Gasteiger partial charge in [0.05, 0.1) is 0 Å². The molecular weight excluding hydrogens is 226 g/mol. The highest BCUT2D eigenvalue weighted by molar-refractivity contribution is 5.33. The molecule has 0 saturated heterocycles. The molecule has 0 amide bonds. The highest BCUT2D eigenvalue weighted by Crippen LogP contribution is 2.22. The molecule has 1 unspecified atom stereocenters. The van der Waals surface area contributed by atoms with Gasteiger partial charge in [0.1, 0.15) is 5.82 Å². The molecule has 2 rings (SSSR count). The quantitative estimate of drug-likeness (QED) is 0.895. The number of hydrogen-bond acceptors (Lipinski definition) is 4. The van der Waals surface area contributed by atoms with Gasteiger partial charge in [0.25, 0.3) is 5.78 Å². The Morgan fingerprint density at radius 1 is 1.28 bits per heavy atom. The van der Waals surface area contributed by atoms with Crippen molar-refractivity contribution in [3.63, 3.8) is 0 Å². The van der Waals surface area contributed by atoms with Crippen molar-refractivity contribution in [2.45, 2.75) is 40.0 Å². The lowest BCUT2D eigenvalue weighted by Gasteiger charge is -2.16. The summed E-state index contributed by atoms with van der Waals surface area (Å²) in [7, 11) is 0. The van der Waals surface area contributed by atoms with Crippen LogP contribution in [0.5, 0.6) is 0 Å². The van der Waals surface area contributed by atoms with Crippen LogP contribution in [0.15, 0.2) is 6.07 Å². The Labute approximate surface area is 107 Å². The average molecular weight is 247 g/mol. The Morgan fingerprint density at radius 3 is 2.61 bits per heavy atom. The molecule has 2 N–H and O–H groups in total. The zero-order valence-electron chi connectivity index (χ0n) is 11.5. The highest BCUT2D eigenvalue weighted by atomic mass is 15.3. The predicted octanol–water partition coefficient (Wildman–Crippen LogP) is 1.83. The monoisotopic (exact) mass is 247 g/mol. The zero-order valence-corrected chi connectivity index (χ0v) is 11.5. The molecule has 0 aromatic carbocycles. The predicted molar refractivity (Wildman–Crippen MR) is 71.5 cm³/mol. The molecule has 0 aliphatic carbocycles. The van der Waals surface area contributed by atoms with E-state index in [-0.39, 0.29) is 5.92 Å². The molecule has 5 heteroatoms. The third kappa shape index (κ3) is 2.36. The van der Waals surface area contributed by atoms with E-state index in [1.807, 2.05) is 17.4 Å². The molecule has 0 saturated carbocycles. The van der Waals surface area contributed by atoms with Gasteiger partial charge in [-0.05, 0) is 32.3 Å². The fourth-order valence-electron chi connectivity index (χ4n) is 2.40. The Morgan fingerprint density at radius 2 is 2.00 bits per heavy atom. The number of rotatable bonds is 4. The summed E-state index contributed by atoms with van der Waals surface area (Å²) in [6.45, 7) is 9.00. The second kappa shape index (κ2) is 5.02. The van der Waals surface area contributed by atoms with Gasteiger partial charge in [-0.2, -0.15) is 0 Å². The van der Waals surface area contributed by atoms with Crippen LogP contribution >= 0.6 is 0 Å². The molecule has 5 nitrogen and oxygen atoms in total. The van der Waals surface area contributed by atoms with Crippen molar-refractivity contribution in [1.29, 1.82) is 0 Å². The third-order valence-electron chi connectivity index (χ3n) is 3.12. The number of fused-ring (bicyclic) bond motifs is 1. The van der Waals surface area contributed by atoms with Gasteiger partial charge in [-0.1, -0.05) is 13.8 Å². The van der Waals surface area contributed by atoms with Gasteiger partial charge in [0, 0.05) is 23.9 Å². The first-order chi connectivity index (χ1) is 8.52. The van der Waals surface area contributed by atoms with E-state index >= 15 is 0 Å². The summed E-state index contributed by atoms with van der Waals surface area (Å²) in [5.74, 6) is 2.43. The van der Waals surface area contributed by atoms with Crippen LogP contribution < -0.4 is 5.73 Å². The molecule has 2 heterocycles. The fourth-order valence-corrected chi connectivity index (χ4v) is 2.40. The lowest BCUT2D eigenvalue weighted by atomic mass is 9.96. The average Bonchev–Trinajstić information content (AvgIpc) is 2.69. The van der Waals surface area contributed by atoms with Crippen molar-refractivity contribution < 1.29 is 0 Å². The smallest absolute Gasteiger partial charge is 0.255 e. The Balaban J connectivity index is 2.50. The van der Waals surface area contributed by atoms with Crippen LogP contribution in [0.3, 0.4) is 0 Å². The molecule has 2 aromatic heterocycles. The number of nitrogens with two attached hydrogens (primary N) is 1. The van der Waals surface area contributed by atoms with Gasteiger partial charge in [-0.3, -0.25) is 4.40 Å². The molecule has 0 aliphatic heterocycles. The van der Waals surface area contributed by atoms with E-state index < -0.39 is 0 Å². The van der Waals surface area contributed by atoms with Crippen LogP contribution in [0.25, 0.3) is 5.78 Å². The van der Waals surface area contributed by atoms with E-state index in [0.717, 1.165) is 23.6 Å². The summed E-state index contributed by atoms with van der Waals surface area (Å²) in [6, 6.07) is 2.04. The van der Waals surface area contributed by atoms with Crippen LogP contribution in [0, 0.1) is 19.8 Å². The van der Waals surface area contributed by atoms with Crippen molar-refractivity contribution >= 4 is 5.78 Å².